The van der Waals surface area contributed by atoms with E-state index in [1.165, 1.54) is 0 Å². The van der Waals surface area contributed by atoms with Gasteiger partial charge in [-0.1, -0.05) is 20.8 Å². The van der Waals surface area contributed by atoms with Crippen LogP contribution in [0.2, 0.25) is 0 Å². The lowest BCUT2D eigenvalue weighted by Crippen LogP contribution is -2.46. The van der Waals surface area contributed by atoms with Crippen LogP contribution >= 0.6 is 0 Å². The lowest BCUT2D eigenvalue weighted by Gasteiger charge is -2.40. The summed E-state index contributed by atoms with van der Waals surface area (Å²) >= 11 is 0. The maximum atomic E-state index is 12.2. The first-order valence-electron chi connectivity index (χ1n) is 9.31. The average molecular weight is 360 g/mol. The number of hydrogen-bond acceptors (Lipinski definition) is 4. The van der Waals surface area contributed by atoms with E-state index in [1.807, 2.05) is 12.1 Å². The quantitative estimate of drug-likeness (QED) is 0.812. The predicted octanol–water partition coefficient (Wildman–Crippen LogP) is 2.52. The fraction of sp³-hybridized carbons (Fsp3) is 0.600. The van der Waals surface area contributed by atoms with E-state index < -0.39 is 11.8 Å². The van der Waals surface area contributed by atoms with Gasteiger partial charge in [-0.3, -0.25) is 9.59 Å². The minimum absolute atomic E-state index is 0.00452. The second-order valence-electron chi connectivity index (χ2n) is 8.14. The van der Waals surface area contributed by atoms with Crippen molar-refractivity contribution in [3.63, 3.8) is 0 Å². The van der Waals surface area contributed by atoms with Gasteiger partial charge in [0.2, 0.25) is 0 Å². The van der Waals surface area contributed by atoms with Crippen LogP contribution in [0.5, 0.6) is 5.75 Å². The Bertz CT molecular complexity index is 681. The molecule has 2 heterocycles. The van der Waals surface area contributed by atoms with Crippen molar-refractivity contribution in [2.45, 2.75) is 46.1 Å². The van der Waals surface area contributed by atoms with Crippen LogP contribution in [-0.2, 0) is 20.7 Å². The van der Waals surface area contributed by atoms with Crippen molar-refractivity contribution in [2.75, 3.05) is 25.1 Å². The van der Waals surface area contributed by atoms with Gasteiger partial charge >= 0.3 is 11.8 Å². The summed E-state index contributed by atoms with van der Waals surface area (Å²) in [7, 11) is 0. The van der Waals surface area contributed by atoms with Crippen LogP contribution < -0.4 is 15.4 Å². The van der Waals surface area contributed by atoms with E-state index in [-0.39, 0.29) is 17.4 Å². The smallest absolute Gasteiger partial charge is 0.313 e. The van der Waals surface area contributed by atoms with Gasteiger partial charge in [-0.05, 0) is 42.0 Å². The fourth-order valence-electron chi connectivity index (χ4n) is 3.77. The minimum Gasteiger partial charge on any atom is -0.493 e. The Hall–Kier alpha value is -2.08. The Balaban J connectivity index is 1.53. The number of rotatable bonds is 3. The molecule has 1 aromatic carbocycles. The Morgan fingerprint density at radius 1 is 1.19 bits per heavy atom. The summed E-state index contributed by atoms with van der Waals surface area (Å²) in [5.41, 5.74) is 1.67. The summed E-state index contributed by atoms with van der Waals surface area (Å²) in [6.45, 7) is 8.29. The van der Waals surface area contributed by atoms with Crippen molar-refractivity contribution in [3.05, 3.63) is 23.8 Å². The first-order chi connectivity index (χ1) is 12.3. The van der Waals surface area contributed by atoms with E-state index in [4.69, 9.17) is 9.47 Å². The molecule has 0 saturated carbocycles. The summed E-state index contributed by atoms with van der Waals surface area (Å²) in [4.78, 5) is 24.4. The van der Waals surface area contributed by atoms with E-state index in [1.54, 1.807) is 6.07 Å². The van der Waals surface area contributed by atoms with Crippen molar-refractivity contribution in [1.29, 1.82) is 0 Å². The highest BCUT2D eigenvalue weighted by atomic mass is 16.5. The van der Waals surface area contributed by atoms with Gasteiger partial charge in [0.05, 0.1) is 12.7 Å². The van der Waals surface area contributed by atoms with Crippen LogP contribution in [-0.4, -0.2) is 37.7 Å². The number of anilines is 1. The molecule has 142 valence electrons. The molecule has 0 aromatic heterocycles. The Labute approximate surface area is 154 Å². The molecule has 6 nitrogen and oxygen atoms in total. The molecule has 26 heavy (non-hydrogen) atoms. The summed E-state index contributed by atoms with van der Waals surface area (Å²) in [6, 6.07) is 5.43. The molecule has 1 fully saturated rings. The van der Waals surface area contributed by atoms with Gasteiger partial charge in [0.1, 0.15) is 5.75 Å². The number of carbonyl (C=O) groups is 2. The number of fused-ring (bicyclic) bond motifs is 1. The molecule has 2 unspecified atom stereocenters. The fourth-order valence-corrected chi connectivity index (χ4v) is 3.77. The third kappa shape index (κ3) is 4.36. The second-order valence-corrected chi connectivity index (χ2v) is 8.14. The number of nitrogens with one attached hydrogen (secondary N) is 2. The summed E-state index contributed by atoms with van der Waals surface area (Å²) < 4.78 is 11.4. The van der Waals surface area contributed by atoms with Crippen molar-refractivity contribution in [3.8, 4) is 5.75 Å². The van der Waals surface area contributed by atoms with Gasteiger partial charge in [-0.25, -0.2) is 0 Å². The lowest BCUT2D eigenvalue weighted by atomic mass is 9.78. The summed E-state index contributed by atoms with van der Waals surface area (Å²) in [6.07, 6.45) is 2.88. The monoisotopic (exact) mass is 360 g/mol. The lowest BCUT2D eigenvalue weighted by molar-refractivity contribution is -0.137. The van der Waals surface area contributed by atoms with Gasteiger partial charge in [-0.2, -0.15) is 0 Å². The summed E-state index contributed by atoms with van der Waals surface area (Å²) in [5.74, 6) is -0.191. The molecule has 0 aliphatic carbocycles. The van der Waals surface area contributed by atoms with Crippen LogP contribution in [0, 0.1) is 11.3 Å². The van der Waals surface area contributed by atoms with Crippen molar-refractivity contribution in [1.82, 2.24) is 5.32 Å². The molecule has 6 heteroatoms. The third-order valence-corrected chi connectivity index (χ3v) is 4.98. The normalized spacial score (nSPS) is 22.3. The van der Waals surface area contributed by atoms with E-state index >= 15 is 0 Å². The van der Waals surface area contributed by atoms with Gasteiger partial charge in [-0.15, -0.1) is 0 Å². The molecule has 0 bridgehead atoms. The van der Waals surface area contributed by atoms with Crippen LogP contribution in [0.3, 0.4) is 0 Å². The molecule has 1 saturated heterocycles. The zero-order valence-electron chi connectivity index (χ0n) is 15.8. The van der Waals surface area contributed by atoms with Gasteiger partial charge in [0.15, 0.2) is 0 Å². The van der Waals surface area contributed by atoms with Gasteiger partial charge < -0.3 is 20.1 Å². The molecular formula is C20H28N2O4. The minimum atomic E-state index is -0.645. The van der Waals surface area contributed by atoms with Crippen LogP contribution in [0.1, 0.15) is 39.2 Å². The van der Waals surface area contributed by atoms with E-state index in [0.717, 1.165) is 37.2 Å². The molecule has 2 aliphatic rings. The Morgan fingerprint density at radius 2 is 2.00 bits per heavy atom. The molecule has 3 rings (SSSR count). The van der Waals surface area contributed by atoms with E-state index in [0.29, 0.717) is 18.8 Å². The van der Waals surface area contributed by atoms with Crippen molar-refractivity contribution >= 4 is 17.5 Å². The molecule has 2 aliphatic heterocycles. The standard InChI is InChI=1S/C20H28N2O4/c1-20(2,3)17-14(5-4-9-26-17)12-21-18(23)19(24)22-15-6-7-16-13(11-15)8-10-25-16/h6-7,11,14,17H,4-5,8-10,12H2,1-3H3,(H,21,23)(H,22,24). The highest BCUT2D eigenvalue weighted by molar-refractivity contribution is 6.39. The molecule has 0 spiro atoms. The number of carbonyl (C=O) groups excluding carboxylic acids is 2. The maximum absolute atomic E-state index is 12.2. The predicted molar refractivity (Wildman–Crippen MR) is 99.2 cm³/mol. The number of ether oxygens (including phenoxy) is 2. The van der Waals surface area contributed by atoms with Gasteiger partial charge in [0, 0.05) is 31.2 Å². The molecule has 0 radical (unpaired) electrons. The highest BCUT2D eigenvalue weighted by Gasteiger charge is 2.35. The van der Waals surface area contributed by atoms with E-state index in [2.05, 4.69) is 31.4 Å². The van der Waals surface area contributed by atoms with Crippen LogP contribution in [0.15, 0.2) is 18.2 Å². The Kier molecular flexibility index (Phi) is 5.51. The van der Waals surface area contributed by atoms with Crippen LogP contribution in [0.25, 0.3) is 0 Å². The van der Waals surface area contributed by atoms with Crippen molar-refractivity contribution < 1.29 is 19.1 Å². The second kappa shape index (κ2) is 7.66. The molecule has 2 amide bonds. The highest BCUT2D eigenvalue weighted by Crippen LogP contribution is 2.33. The van der Waals surface area contributed by atoms with Crippen LogP contribution in [0.4, 0.5) is 5.69 Å². The number of amides is 2. The first-order valence-corrected chi connectivity index (χ1v) is 9.31. The molecular weight excluding hydrogens is 332 g/mol. The summed E-state index contributed by atoms with van der Waals surface area (Å²) in [5, 5.41) is 5.43. The van der Waals surface area contributed by atoms with Crippen molar-refractivity contribution in [2.24, 2.45) is 11.3 Å². The first kappa shape index (κ1) is 18.7. The average Bonchev–Trinajstić information content (AvgIpc) is 3.06. The third-order valence-electron chi connectivity index (χ3n) is 4.98. The molecule has 2 atom stereocenters. The Morgan fingerprint density at radius 3 is 2.77 bits per heavy atom. The number of benzene rings is 1. The molecule has 2 N–H and O–H groups in total. The zero-order valence-corrected chi connectivity index (χ0v) is 15.8. The SMILES string of the molecule is CC(C)(C)C1OCCCC1CNC(=O)C(=O)Nc1ccc2c(c1)CCO2. The number of hydrogen-bond donors (Lipinski definition) is 2. The largest absolute Gasteiger partial charge is 0.493 e. The zero-order chi connectivity index (χ0) is 18.7. The van der Waals surface area contributed by atoms with Gasteiger partial charge in [0.25, 0.3) is 0 Å². The molecule has 1 aromatic rings. The van der Waals surface area contributed by atoms with E-state index in [9.17, 15) is 9.59 Å². The topological polar surface area (TPSA) is 76.7 Å². The maximum Gasteiger partial charge on any atom is 0.313 e.